The van der Waals surface area contributed by atoms with Crippen molar-refractivity contribution >= 4 is 28.4 Å². The van der Waals surface area contributed by atoms with Gasteiger partial charge in [0.25, 0.3) is 5.91 Å². The van der Waals surface area contributed by atoms with Gasteiger partial charge in [-0.15, -0.1) is 0 Å². The number of alkyl halides is 4. The molecule has 3 amide bonds. The third-order valence-corrected chi connectivity index (χ3v) is 5.40. The highest BCUT2D eigenvalue weighted by molar-refractivity contribution is 7.86. The van der Waals surface area contributed by atoms with E-state index in [0.29, 0.717) is 0 Å². The summed E-state index contributed by atoms with van der Waals surface area (Å²) in [5.41, 5.74) is -1.05. The molecule has 2 rings (SSSR count). The lowest BCUT2D eigenvalue weighted by atomic mass is 10.1. The van der Waals surface area contributed by atoms with Gasteiger partial charge in [-0.05, 0) is 49.2 Å². The molecule has 0 bridgehead atoms. The van der Waals surface area contributed by atoms with E-state index in [0.717, 1.165) is 30.3 Å². The molecule has 0 radical (unpaired) electrons. The van der Waals surface area contributed by atoms with Crippen LogP contribution < -0.4 is 10.6 Å². The standard InChI is InChI=1S/C18H14F6N2O3S/c1-8-7-13(30(29)18(23,24)16(21)22)9(2)6-12(8)25-17(28)26-15(27)14-10(19)4-3-5-11(14)20/h3-7,16H,1-2H3,(H2,25,26,27,28). The number of imide groups is 1. The number of hydrogen-bond acceptors (Lipinski definition) is 3. The second kappa shape index (κ2) is 8.86. The third-order valence-electron chi connectivity index (χ3n) is 3.89. The van der Waals surface area contributed by atoms with Gasteiger partial charge in [-0.2, -0.15) is 8.78 Å². The number of rotatable bonds is 5. The quantitative estimate of drug-likeness (QED) is 0.656. The predicted octanol–water partition coefficient (Wildman–Crippen LogP) is 4.51. The number of amides is 3. The Hall–Kier alpha value is -2.89. The molecule has 0 spiro atoms. The summed E-state index contributed by atoms with van der Waals surface area (Å²) in [6.45, 7) is 2.51. The number of carbonyl (C=O) groups excluding carboxylic acids is 2. The van der Waals surface area contributed by atoms with E-state index in [-0.39, 0.29) is 16.8 Å². The SMILES string of the molecule is Cc1cc(S(=O)C(F)(F)C(F)F)c(C)cc1NC(=O)NC(=O)c1c(F)cccc1F. The minimum atomic E-state index is -4.78. The van der Waals surface area contributed by atoms with Crippen molar-refractivity contribution in [2.24, 2.45) is 0 Å². The van der Waals surface area contributed by atoms with Crippen LogP contribution in [0.5, 0.6) is 0 Å². The molecule has 5 nitrogen and oxygen atoms in total. The molecule has 0 saturated heterocycles. The smallest absolute Gasteiger partial charge is 0.307 e. The Balaban J connectivity index is 2.21. The van der Waals surface area contributed by atoms with Crippen molar-refractivity contribution in [3.63, 3.8) is 0 Å². The molecule has 2 aromatic rings. The van der Waals surface area contributed by atoms with Crippen LogP contribution in [0.3, 0.4) is 0 Å². The lowest BCUT2D eigenvalue weighted by Crippen LogP contribution is -2.35. The highest BCUT2D eigenvalue weighted by Crippen LogP contribution is 2.34. The Morgan fingerprint density at radius 1 is 1.03 bits per heavy atom. The number of nitrogens with one attached hydrogen (secondary N) is 2. The molecule has 0 saturated carbocycles. The Morgan fingerprint density at radius 3 is 2.13 bits per heavy atom. The Bertz CT molecular complexity index is 1010. The first kappa shape index (κ1) is 23.4. The van der Waals surface area contributed by atoms with Gasteiger partial charge in [-0.25, -0.2) is 26.6 Å². The first-order valence-electron chi connectivity index (χ1n) is 8.11. The molecule has 0 aromatic heterocycles. The zero-order chi connectivity index (χ0) is 22.8. The highest BCUT2D eigenvalue weighted by atomic mass is 32.2. The first-order chi connectivity index (χ1) is 13.9. The van der Waals surface area contributed by atoms with Crippen LogP contribution in [0, 0.1) is 25.5 Å². The van der Waals surface area contributed by atoms with Gasteiger partial charge in [0, 0.05) is 10.6 Å². The number of urea groups is 1. The van der Waals surface area contributed by atoms with Crippen LogP contribution in [0.25, 0.3) is 0 Å². The van der Waals surface area contributed by atoms with Crippen LogP contribution in [0.15, 0.2) is 35.2 Å². The highest BCUT2D eigenvalue weighted by Gasteiger charge is 2.48. The molecule has 2 aromatic carbocycles. The van der Waals surface area contributed by atoms with Gasteiger partial charge in [0.2, 0.25) is 0 Å². The topological polar surface area (TPSA) is 75.3 Å². The maximum absolute atomic E-state index is 13.6. The monoisotopic (exact) mass is 452 g/mol. The summed E-state index contributed by atoms with van der Waals surface area (Å²) in [4.78, 5) is 23.3. The molecule has 0 aliphatic heterocycles. The first-order valence-corrected chi connectivity index (χ1v) is 9.26. The average molecular weight is 452 g/mol. The van der Waals surface area contributed by atoms with Crippen LogP contribution in [0.2, 0.25) is 0 Å². The van der Waals surface area contributed by atoms with Gasteiger partial charge in [0.15, 0.2) is 0 Å². The van der Waals surface area contributed by atoms with Crippen molar-refractivity contribution < 1.29 is 40.1 Å². The molecule has 162 valence electrons. The van der Waals surface area contributed by atoms with E-state index < -0.39 is 56.5 Å². The summed E-state index contributed by atoms with van der Waals surface area (Å²) < 4.78 is 90.7. The van der Waals surface area contributed by atoms with Crippen molar-refractivity contribution in [3.05, 3.63) is 58.7 Å². The summed E-state index contributed by atoms with van der Waals surface area (Å²) in [7, 11) is -3.36. The van der Waals surface area contributed by atoms with Crippen molar-refractivity contribution in [1.82, 2.24) is 5.32 Å². The number of hydrogen-bond donors (Lipinski definition) is 2. The number of aryl methyl sites for hydroxylation is 2. The van der Waals surface area contributed by atoms with Crippen molar-refractivity contribution in [2.75, 3.05) is 5.32 Å². The van der Waals surface area contributed by atoms with Crippen LogP contribution in [-0.4, -0.2) is 27.8 Å². The van der Waals surface area contributed by atoms with E-state index in [2.05, 4.69) is 5.32 Å². The molecule has 12 heteroatoms. The molecule has 2 N–H and O–H groups in total. The van der Waals surface area contributed by atoms with Crippen LogP contribution in [0.4, 0.5) is 36.8 Å². The van der Waals surface area contributed by atoms with Crippen LogP contribution in [-0.2, 0) is 10.8 Å². The zero-order valence-electron chi connectivity index (χ0n) is 15.4. The van der Waals surface area contributed by atoms with E-state index in [1.807, 2.05) is 0 Å². The molecule has 0 aliphatic carbocycles. The van der Waals surface area contributed by atoms with Gasteiger partial charge < -0.3 is 5.32 Å². The van der Waals surface area contributed by atoms with Crippen molar-refractivity contribution in [1.29, 1.82) is 0 Å². The van der Waals surface area contributed by atoms with Gasteiger partial charge in [-0.3, -0.25) is 10.1 Å². The number of anilines is 1. The minimum Gasteiger partial charge on any atom is -0.307 e. The molecule has 1 unspecified atom stereocenters. The van der Waals surface area contributed by atoms with Crippen LogP contribution in [0.1, 0.15) is 21.5 Å². The zero-order valence-corrected chi connectivity index (χ0v) is 16.2. The summed E-state index contributed by atoms with van der Waals surface area (Å²) in [5.74, 6) is -3.76. The third kappa shape index (κ3) is 4.81. The summed E-state index contributed by atoms with van der Waals surface area (Å²) >= 11 is 0. The maximum atomic E-state index is 13.6. The van der Waals surface area contributed by atoms with E-state index in [9.17, 15) is 40.1 Å². The van der Waals surface area contributed by atoms with E-state index in [4.69, 9.17) is 0 Å². The minimum absolute atomic E-state index is 0.0343. The summed E-state index contributed by atoms with van der Waals surface area (Å²) in [5, 5.41) is -0.909. The predicted molar refractivity (Wildman–Crippen MR) is 96.1 cm³/mol. The van der Waals surface area contributed by atoms with E-state index in [1.165, 1.54) is 13.8 Å². The van der Waals surface area contributed by atoms with E-state index >= 15 is 0 Å². The van der Waals surface area contributed by atoms with Crippen molar-refractivity contribution in [2.45, 2.75) is 30.4 Å². The van der Waals surface area contributed by atoms with Crippen molar-refractivity contribution in [3.8, 4) is 0 Å². The molecule has 30 heavy (non-hydrogen) atoms. The van der Waals surface area contributed by atoms with Gasteiger partial charge in [-0.1, -0.05) is 6.07 Å². The Labute approximate surface area is 168 Å². The second-order valence-electron chi connectivity index (χ2n) is 6.07. The molecule has 0 aliphatic rings. The number of carbonyl (C=O) groups is 2. The lowest BCUT2D eigenvalue weighted by Gasteiger charge is -2.18. The molecule has 1 atom stereocenters. The fourth-order valence-electron chi connectivity index (χ4n) is 2.39. The molecule has 0 heterocycles. The van der Waals surface area contributed by atoms with Gasteiger partial charge in [0.05, 0.1) is 0 Å². The maximum Gasteiger partial charge on any atom is 0.384 e. The lowest BCUT2D eigenvalue weighted by molar-refractivity contribution is -0.0602. The van der Waals surface area contributed by atoms with Gasteiger partial charge in [0.1, 0.15) is 28.0 Å². The fraction of sp³-hybridized carbons (Fsp3) is 0.222. The Kier molecular flexibility index (Phi) is 6.91. The van der Waals surface area contributed by atoms with Gasteiger partial charge >= 0.3 is 17.7 Å². The molecular weight excluding hydrogens is 438 g/mol. The second-order valence-corrected chi connectivity index (χ2v) is 7.59. The Morgan fingerprint density at radius 2 is 1.60 bits per heavy atom. The van der Waals surface area contributed by atoms with Crippen LogP contribution >= 0.6 is 0 Å². The normalized spacial score (nSPS) is 12.6. The fourth-order valence-corrected chi connectivity index (χ4v) is 3.48. The number of benzene rings is 2. The number of halogens is 6. The largest absolute Gasteiger partial charge is 0.384 e. The average Bonchev–Trinajstić information content (AvgIpc) is 2.63. The summed E-state index contributed by atoms with van der Waals surface area (Å²) in [6.07, 6.45) is -4.15. The molecule has 0 fully saturated rings. The van der Waals surface area contributed by atoms with E-state index in [1.54, 1.807) is 5.32 Å². The molecular formula is C18H14F6N2O3S. The summed E-state index contributed by atoms with van der Waals surface area (Å²) in [6, 6.07) is 3.47.